The average molecular weight is 515 g/mol. The number of hydrogen-bond donors (Lipinski definition) is 4. The Morgan fingerprint density at radius 3 is 2.54 bits per heavy atom. The molecular formula is C28H36F2N4O3. The normalized spacial score (nSPS) is 16.6. The maximum atomic E-state index is 13.4. The number of hydrogen-bond acceptors (Lipinski definition) is 7. The molecule has 37 heavy (non-hydrogen) atoms. The zero-order valence-electron chi connectivity index (χ0n) is 21.2. The molecule has 200 valence electrons. The van der Waals surface area contributed by atoms with Crippen molar-refractivity contribution in [2.24, 2.45) is 11.1 Å². The topological polar surface area (TPSA) is 104 Å². The van der Waals surface area contributed by atoms with Crippen LogP contribution in [0.15, 0.2) is 42.6 Å². The number of piperidine rings is 1. The lowest BCUT2D eigenvalue weighted by Gasteiger charge is -2.41. The lowest BCUT2D eigenvalue weighted by Crippen LogP contribution is -2.43. The second-order valence-electron chi connectivity index (χ2n) is 9.92. The summed E-state index contributed by atoms with van der Waals surface area (Å²) in [7, 11) is 1.60. The van der Waals surface area contributed by atoms with Crippen LogP contribution in [0, 0.1) is 17.0 Å². The Morgan fingerprint density at radius 1 is 1.16 bits per heavy atom. The number of likely N-dealkylation sites (tertiary alicyclic amines) is 1. The number of fused-ring (bicyclic) bond motifs is 1. The van der Waals surface area contributed by atoms with E-state index < -0.39 is 17.7 Å². The Morgan fingerprint density at radius 2 is 1.89 bits per heavy atom. The molecule has 0 bridgehead atoms. The molecule has 9 heteroatoms. The van der Waals surface area contributed by atoms with Gasteiger partial charge in [-0.25, -0.2) is 8.78 Å². The fourth-order valence-electron chi connectivity index (χ4n) is 5.26. The number of aromatic nitrogens is 1. The second-order valence-corrected chi connectivity index (χ2v) is 9.92. The van der Waals surface area contributed by atoms with Gasteiger partial charge in [0.25, 0.3) is 0 Å². The number of aliphatic hydroxyl groups is 2. The minimum absolute atomic E-state index is 0.0586. The molecule has 3 aromatic rings. The molecule has 7 nitrogen and oxygen atoms in total. The summed E-state index contributed by atoms with van der Waals surface area (Å²) in [6.45, 7) is 3.23. The molecule has 0 saturated carbocycles. The number of benzene rings is 2. The van der Waals surface area contributed by atoms with Crippen molar-refractivity contribution >= 4 is 16.6 Å². The second kappa shape index (κ2) is 12.1. The van der Waals surface area contributed by atoms with Gasteiger partial charge in [-0.1, -0.05) is 0 Å². The molecule has 0 spiro atoms. The third kappa shape index (κ3) is 6.54. The fraction of sp³-hybridized carbons (Fsp3) is 0.464. The Hall–Kier alpha value is -2.85. The number of halogens is 2. The lowest BCUT2D eigenvalue weighted by molar-refractivity contribution is 0.0247. The number of nitrogens with two attached hydrogens (primary N) is 1. The van der Waals surface area contributed by atoms with Crippen molar-refractivity contribution in [2.75, 3.05) is 45.2 Å². The van der Waals surface area contributed by atoms with Gasteiger partial charge in [-0.15, -0.1) is 0 Å². The molecule has 0 unspecified atom stereocenters. The number of rotatable bonds is 11. The average Bonchev–Trinajstić information content (AvgIpc) is 2.91. The van der Waals surface area contributed by atoms with Gasteiger partial charge >= 0.3 is 0 Å². The van der Waals surface area contributed by atoms with Gasteiger partial charge in [-0.3, -0.25) is 4.98 Å². The number of nitrogens with zero attached hydrogens (tertiary/aromatic N) is 2. The van der Waals surface area contributed by atoms with Crippen LogP contribution in [0.2, 0.25) is 0 Å². The summed E-state index contributed by atoms with van der Waals surface area (Å²) in [5.74, 6) is -0.520. The molecule has 1 saturated heterocycles. The van der Waals surface area contributed by atoms with E-state index in [1.807, 2.05) is 18.2 Å². The fourth-order valence-corrected chi connectivity index (χ4v) is 5.26. The third-order valence-electron chi connectivity index (χ3n) is 7.57. The lowest BCUT2D eigenvalue weighted by atomic mass is 9.74. The highest BCUT2D eigenvalue weighted by Gasteiger charge is 2.34. The summed E-state index contributed by atoms with van der Waals surface area (Å²) in [4.78, 5) is 6.76. The summed E-state index contributed by atoms with van der Waals surface area (Å²) in [6.07, 6.45) is 3.76. The van der Waals surface area contributed by atoms with Crippen LogP contribution in [0.3, 0.4) is 0 Å². The molecule has 1 aliphatic heterocycles. The van der Waals surface area contributed by atoms with Gasteiger partial charge in [0.2, 0.25) is 0 Å². The third-order valence-corrected chi connectivity index (χ3v) is 7.57. The minimum Gasteiger partial charge on any atom is -0.497 e. The summed E-state index contributed by atoms with van der Waals surface area (Å²) in [5.41, 5.74) is 8.48. The number of pyridine rings is 1. The van der Waals surface area contributed by atoms with E-state index >= 15 is 0 Å². The molecule has 1 aromatic heterocycles. The van der Waals surface area contributed by atoms with E-state index in [0.29, 0.717) is 30.8 Å². The van der Waals surface area contributed by atoms with Crippen molar-refractivity contribution < 1.29 is 23.7 Å². The van der Waals surface area contributed by atoms with Crippen LogP contribution < -0.4 is 15.8 Å². The van der Waals surface area contributed by atoms with E-state index in [2.05, 4.69) is 15.2 Å². The number of nitrogens with one attached hydrogen (secondary N) is 1. The molecule has 2 aromatic carbocycles. The maximum Gasteiger partial charge on any atom is 0.128 e. The van der Waals surface area contributed by atoms with Gasteiger partial charge in [-0.05, 0) is 85.6 Å². The predicted molar refractivity (Wildman–Crippen MR) is 140 cm³/mol. The van der Waals surface area contributed by atoms with Crippen LogP contribution >= 0.6 is 0 Å². The van der Waals surface area contributed by atoms with E-state index in [1.54, 1.807) is 13.3 Å². The van der Waals surface area contributed by atoms with E-state index in [-0.39, 0.29) is 18.6 Å². The van der Waals surface area contributed by atoms with Crippen LogP contribution in [0.1, 0.15) is 42.9 Å². The molecule has 5 N–H and O–H groups in total. The van der Waals surface area contributed by atoms with Crippen LogP contribution in [-0.2, 0) is 6.54 Å². The summed E-state index contributed by atoms with van der Waals surface area (Å²) in [5, 5.41) is 25.5. The maximum absolute atomic E-state index is 13.4. The first kappa shape index (κ1) is 27.2. The SMILES string of the molecule is COc1ccc2ncc(CN)c([C@@H](O)CCC3(CO)CCN(CCNc4cc(F)cc(F)c4)CC3)c2c1. The van der Waals surface area contributed by atoms with Gasteiger partial charge in [0.05, 0.1) is 18.7 Å². The van der Waals surface area contributed by atoms with Gasteiger partial charge in [0, 0.05) is 49.6 Å². The number of ether oxygens (including phenoxy) is 1. The van der Waals surface area contributed by atoms with Crippen LogP contribution in [0.5, 0.6) is 5.75 Å². The Labute approximate surface area is 216 Å². The smallest absolute Gasteiger partial charge is 0.128 e. The molecule has 0 radical (unpaired) electrons. The van der Waals surface area contributed by atoms with Crippen molar-refractivity contribution in [3.8, 4) is 5.75 Å². The monoisotopic (exact) mass is 514 g/mol. The van der Waals surface area contributed by atoms with E-state index in [1.165, 1.54) is 12.1 Å². The first-order valence-electron chi connectivity index (χ1n) is 12.7. The van der Waals surface area contributed by atoms with Crippen LogP contribution in [0.25, 0.3) is 10.9 Å². The molecule has 1 atom stereocenters. The summed E-state index contributed by atoms with van der Waals surface area (Å²) < 4.78 is 32.1. The van der Waals surface area contributed by atoms with Gasteiger partial charge in [0.1, 0.15) is 17.4 Å². The number of anilines is 1. The molecule has 2 heterocycles. The van der Waals surface area contributed by atoms with Crippen molar-refractivity contribution in [3.05, 3.63) is 65.4 Å². The molecule has 1 aliphatic rings. The number of aliphatic hydroxyl groups excluding tert-OH is 2. The van der Waals surface area contributed by atoms with Crippen molar-refractivity contribution in [1.82, 2.24) is 9.88 Å². The highest BCUT2D eigenvalue weighted by atomic mass is 19.1. The molecule has 0 aliphatic carbocycles. The van der Waals surface area contributed by atoms with Gasteiger partial charge < -0.3 is 30.9 Å². The van der Waals surface area contributed by atoms with Gasteiger partial charge in [-0.2, -0.15) is 0 Å². The zero-order valence-corrected chi connectivity index (χ0v) is 21.2. The quantitative estimate of drug-likeness (QED) is 0.307. The zero-order chi connectivity index (χ0) is 26.4. The molecule has 1 fully saturated rings. The molecular weight excluding hydrogens is 478 g/mol. The van der Waals surface area contributed by atoms with Gasteiger partial charge in [0.15, 0.2) is 0 Å². The highest BCUT2D eigenvalue weighted by molar-refractivity contribution is 5.85. The predicted octanol–water partition coefficient (Wildman–Crippen LogP) is 3.98. The largest absolute Gasteiger partial charge is 0.497 e. The first-order chi connectivity index (χ1) is 17.9. The van der Waals surface area contributed by atoms with E-state index in [0.717, 1.165) is 60.6 Å². The standard InChI is InChI=1S/C28H36F2N4O3/c1-37-23-2-3-25-24(15-23)27(19(16-31)17-33-25)26(36)4-5-28(18-35)6-9-34(10-7-28)11-8-32-22-13-20(29)12-21(30)14-22/h2-3,12-15,17,26,32,35-36H,4-11,16,18,31H2,1H3/t26-/m0/s1. The summed E-state index contributed by atoms with van der Waals surface area (Å²) >= 11 is 0. The first-order valence-corrected chi connectivity index (χ1v) is 12.7. The Kier molecular flexibility index (Phi) is 8.91. The Balaban J connectivity index is 1.35. The van der Waals surface area contributed by atoms with Crippen LogP contribution in [0.4, 0.5) is 14.5 Å². The Bertz CT molecular complexity index is 1180. The van der Waals surface area contributed by atoms with E-state index in [4.69, 9.17) is 10.5 Å². The van der Waals surface area contributed by atoms with Crippen molar-refractivity contribution in [3.63, 3.8) is 0 Å². The highest BCUT2D eigenvalue weighted by Crippen LogP contribution is 2.39. The van der Waals surface area contributed by atoms with Crippen LogP contribution in [-0.4, -0.2) is 60.0 Å². The number of methoxy groups -OCH3 is 1. The molecule has 4 rings (SSSR count). The molecule has 0 amide bonds. The minimum atomic E-state index is -0.742. The van der Waals surface area contributed by atoms with Crippen molar-refractivity contribution in [1.29, 1.82) is 0 Å². The summed E-state index contributed by atoms with van der Waals surface area (Å²) in [6, 6.07) is 9.00. The van der Waals surface area contributed by atoms with Crippen molar-refractivity contribution in [2.45, 2.75) is 38.3 Å². The van der Waals surface area contributed by atoms with E-state index in [9.17, 15) is 19.0 Å².